The maximum absolute atomic E-state index is 12.6. The minimum Gasteiger partial charge on any atom is -0.460 e. The Morgan fingerprint density at radius 1 is 0.844 bits per heavy atom. The topological polar surface area (TPSA) is 90.9 Å². The SMILES string of the molecule is CC(C)(C)OC(=O)CCC[C@@H](NC(=O)OCc1ccccc1)C(=O)OCc1ccccc1. The molecule has 7 nitrogen and oxygen atoms in total. The lowest BCUT2D eigenvalue weighted by Crippen LogP contribution is -2.42. The molecule has 0 spiro atoms. The van der Waals surface area contributed by atoms with Gasteiger partial charge in [-0.2, -0.15) is 0 Å². The number of benzene rings is 2. The van der Waals surface area contributed by atoms with E-state index in [2.05, 4.69) is 5.32 Å². The molecule has 1 atom stereocenters. The Morgan fingerprint density at radius 3 is 1.91 bits per heavy atom. The van der Waals surface area contributed by atoms with Crippen LogP contribution in [0.2, 0.25) is 0 Å². The minimum absolute atomic E-state index is 0.0797. The van der Waals surface area contributed by atoms with E-state index < -0.39 is 23.7 Å². The van der Waals surface area contributed by atoms with Crippen molar-refractivity contribution in [2.75, 3.05) is 0 Å². The maximum atomic E-state index is 12.6. The second-order valence-corrected chi connectivity index (χ2v) is 8.33. The molecular formula is C25H31NO6. The molecule has 2 rings (SSSR count). The van der Waals surface area contributed by atoms with E-state index in [1.165, 1.54) is 0 Å². The molecule has 1 amide bonds. The van der Waals surface area contributed by atoms with Crippen molar-refractivity contribution in [3.05, 3.63) is 71.8 Å². The molecule has 0 aliphatic rings. The summed E-state index contributed by atoms with van der Waals surface area (Å²) in [6.07, 6.45) is -0.0416. The Hall–Kier alpha value is -3.35. The van der Waals surface area contributed by atoms with Crippen molar-refractivity contribution >= 4 is 18.0 Å². The average molecular weight is 442 g/mol. The van der Waals surface area contributed by atoms with Gasteiger partial charge in [-0.1, -0.05) is 60.7 Å². The number of carbonyl (C=O) groups is 3. The Balaban J connectivity index is 1.90. The summed E-state index contributed by atoms with van der Waals surface area (Å²) in [5.41, 5.74) is 1.08. The van der Waals surface area contributed by atoms with Crippen LogP contribution in [-0.2, 0) is 37.0 Å². The number of ether oxygens (including phenoxy) is 3. The van der Waals surface area contributed by atoms with Gasteiger partial charge in [-0.25, -0.2) is 9.59 Å². The molecule has 32 heavy (non-hydrogen) atoms. The number of hydrogen-bond donors (Lipinski definition) is 1. The van der Waals surface area contributed by atoms with Gasteiger partial charge in [0.05, 0.1) is 0 Å². The summed E-state index contributed by atoms with van der Waals surface area (Å²) in [7, 11) is 0. The molecule has 0 saturated carbocycles. The van der Waals surface area contributed by atoms with Gasteiger partial charge in [0.25, 0.3) is 0 Å². The molecule has 0 bridgehead atoms. The van der Waals surface area contributed by atoms with Gasteiger partial charge in [0.1, 0.15) is 24.9 Å². The zero-order valence-electron chi connectivity index (χ0n) is 18.8. The molecule has 0 aliphatic heterocycles. The highest BCUT2D eigenvalue weighted by atomic mass is 16.6. The minimum atomic E-state index is -0.940. The lowest BCUT2D eigenvalue weighted by atomic mass is 10.1. The molecule has 0 unspecified atom stereocenters. The first kappa shape index (κ1) is 24.9. The van der Waals surface area contributed by atoms with Gasteiger partial charge >= 0.3 is 18.0 Å². The number of alkyl carbamates (subject to hydrolysis) is 1. The van der Waals surface area contributed by atoms with Crippen molar-refractivity contribution in [1.29, 1.82) is 0 Å². The molecule has 0 radical (unpaired) electrons. The van der Waals surface area contributed by atoms with Crippen LogP contribution in [-0.4, -0.2) is 29.7 Å². The van der Waals surface area contributed by atoms with E-state index >= 15 is 0 Å². The largest absolute Gasteiger partial charge is 0.460 e. The monoisotopic (exact) mass is 441 g/mol. The number of carbonyl (C=O) groups excluding carboxylic acids is 3. The fraction of sp³-hybridized carbons (Fsp3) is 0.400. The van der Waals surface area contributed by atoms with Crippen molar-refractivity contribution in [2.24, 2.45) is 0 Å². The van der Waals surface area contributed by atoms with Crippen LogP contribution in [0.15, 0.2) is 60.7 Å². The standard InChI is InChI=1S/C25H31NO6/c1-25(2,3)32-22(27)16-10-15-21(23(28)30-17-19-11-6-4-7-12-19)26-24(29)31-18-20-13-8-5-9-14-20/h4-9,11-14,21H,10,15-18H2,1-3H3,(H,26,29)/t21-/m1/s1. The van der Waals surface area contributed by atoms with Gasteiger partial charge < -0.3 is 19.5 Å². The summed E-state index contributed by atoms with van der Waals surface area (Å²) in [5, 5.41) is 2.56. The van der Waals surface area contributed by atoms with Crippen LogP contribution < -0.4 is 5.32 Å². The van der Waals surface area contributed by atoms with Crippen LogP contribution in [0.25, 0.3) is 0 Å². The Bertz CT molecular complexity index is 861. The number of hydrogen-bond acceptors (Lipinski definition) is 6. The van der Waals surface area contributed by atoms with Crippen LogP contribution in [0.3, 0.4) is 0 Å². The van der Waals surface area contributed by atoms with Crippen LogP contribution in [0.1, 0.15) is 51.2 Å². The van der Waals surface area contributed by atoms with Crippen molar-refractivity contribution in [2.45, 2.75) is 64.9 Å². The summed E-state index contributed by atoms with van der Waals surface area (Å²) in [4.78, 5) is 36.8. The molecule has 7 heteroatoms. The van der Waals surface area contributed by atoms with Gasteiger partial charge in [0.15, 0.2) is 0 Å². The Morgan fingerprint density at radius 2 is 1.38 bits per heavy atom. The first-order chi connectivity index (χ1) is 15.2. The van der Waals surface area contributed by atoms with E-state index in [1.54, 1.807) is 20.8 Å². The predicted molar refractivity (Wildman–Crippen MR) is 119 cm³/mol. The molecule has 0 fully saturated rings. The summed E-state index contributed by atoms with van der Waals surface area (Å²) < 4.78 is 15.9. The first-order valence-corrected chi connectivity index (χ1v) is 10.6. The van der Waals surface area contributed by atoms with Gasteiger partial charge in [-0.3, -0.25) is 4.79 Å². The quantitative estimate of drug-likeness (QED) is 0.430. The number of rotatable bonds is 10. The van der Waals surface area contributed by atoms with Crippen LogP contribution in [0, 0.1) is 0 Å². The van der Waals surface area contributed by atoms with Crippen molar-refractivity contribution in [3.63, 3.8) is 0 Å². The van der Waals surface area contributed by atoms with Crippen molar-refractivity contribution in [1.82, 2.24) is 5.32 Å². The fourth-order valence-corrected chi connectivity index (χ4v) is 2.83. The second-order valence-electron chi connectivity index (χ2n) is 8.33. The second kappa shape index (κ2) is 12.5. The average Bonchev–Trinajstić information content (AvgIpc) is 2.75. The lowest BCUT2D eigenvalue weighted by molar-refractivity contribution is -0.155. The third-order valence-corrected chi connectivity index (χ3v) is 4.31. The molecule has 0 aromatic heterocycles. The summed E-state index contributed by atoms with van der Waals surface area (Å²) in [6, 6.07) is 17.5. The van der Waals surface area contributed by atoms with E-state index in [0.29, 0.717) is 6.42 Å². The molecular weight excluding hydrogens is 410 g/mol. The predicted octanol–water partition coefficient (Wildman–Crippen LogP) is 4.54. The molecule has 2 aromatic carbocycles. The fourth-order valence-electron chi connectivity index (χ4n) is 2.83. The Labute approximate surface area is 189 Å². The molecule has 172 valence electrons. The van der Waals surface area contributed by atoms with Gasteiger partial charge in [-0.05, 0) is 44.7 Å². The maximum Gasteiger partial charge on any atom is 0.408 e. The first-order valence-electron chi connectivity index (χ1n) is 10.6. The highest BCUT2D eigenvalue weighted by Gasteiger charge is 2.24. The Kier molecular flexibility index (Phi) is 9.73. The highest BCUT2D eigenvalue weighted by molar-refractivity contribution is 5.81. The van der Waals surface area contributed by atoms with Crippen LogP contribution >= 0.6 is 0 Å². The summed E-state index contributed by atoms with van der Waals surface area (Å²) >= 11 is 0. The smallest absolute Gasteiger partial charge is 0.408 e. The molecule has 0 heterocycles. The third kappa shape index (κ3) is 10.1. The van der Waals surface area contributed by atoms with E-state index in [1.807, 2.05) is 60.7 Å². The van der Waals surface area contributed by atoms with E-state index in [-0.39, 0.29) is 32.0 Å². The number of nitrogens with one attached hydrogen (secondary N) is 1. The van der Waals surface area contributed by atoms with Crippen LogP contribution in [0.4, 0.5) is 4.79 Å². The van der Waals surface area contributed by atoms with Crippen molar-refractivity contribution in [3.8, 4) is 0 Å². The summed E-state index contributed by atoms with van der Waals surface area (Å²) in [5.74, 6) is -0.949. The zero-order chi connectivity index (χ0) is 23.4. The summed E-state index contributed by atoms with van der Waals surface area (Å²) in [6.45, 7) is 5.54. The number of amides is 1. The molecule has 1 N–H and O–H groups in total. The van der Waals surface area contributed by atoms with Gasteiger partial charge in [-0.15, -0.1) is 0 Å². The number of esters is 2. The van der Waals surface area contributed by atoms with E-state index in [0.717, 1.165) is 11.1 Å². The normalized spacial score (nSPS) is 11.8. The van der Waals surface area contributed by atoms with E-state index in [9.17, 15) is 14.4 Å². The van der Waals surface area contributed by atoms with Gasteiger partial charge in [0, 0.05) is 6.42 Å². The van der Waals surface area contributed by atoms with Gasteiger partial charge in [0.2, 0.25) is 0 Å². The van der Waals surface area contributed by atoms with Crippen LogP contribution in [0.5, 0.6) is 0 Å². The van der Waals surface area contributed by atoms with Crippen molar-refractivity contribution < 1.29 is 28.6 Å². The third-order valence-electron chi connectivity index (χ3n) is 4.31. The molecule has 2 aromatic rings. The van der Waals surface area contributed by atoms with E-state index in [4.69, 9.17) is 14.2 Å². The zero-order valence-corrected chi connectivity index (χ0v) is 18.8. The highest BCUT2D eigenvalue weighted by Crippen LogP contribution is 2.12. The molecule has 0 saturated heterocycles. The molecule has 0 aliphatic carbocycles. The lowest BCUT2D eigenvalue weighted by Gasteiger charge is -2.20.